The summed E-state index contributed by atoms with van der Waals surface area (Å²) in [5.74, 6) is 0.999. The van der Waals surface area contributed by atoms with E-state index < -0.39 is 0 Å². The monoisotopic (exact) mass is 217 g/mol. The predicted molar refractivity (Wildman–Crippen MR) is 61.1 cm³/mol. The summed E-state index contributed by atoms with van der Waals surface area (Å²) in [7, 11) is 0. The van der Waals surface area contributed by atoms with Crippen molar-refractivity contribution in [3.8, 4) is 0 Å². The largest absolute Gasteiger partial charge is 0.316 e. The van der Waals surface area contributed by atoms with Crippen LogP contribution < -0.4 is 10.2 Å². The summed E-state index contributed by atoms with van der Waals surface area (Å²) in [6.45, 7) is 2.81. The van der Waals surface area contributed by atoms with Gasteiger partial charge in [-0.25, -0.2) is 4.98 Å². The highest BCUT2D eigenvalue weighted by Gasteiger charge is 2.45. The first-order valence-corrected chi connectivity index (χ1v) is 5.71. The minimum Gasteiger partial charge on any atom is -0.316 e. The zero-order valence-electron chi connectivity index (χ0n) is 9.15. The Bertz CT molecular complexity index is 398. The quantitative estimate of drug-likeness (QED) is 0.756. The molecule has 4 heteroatoms. The molecule has 4 nitrogen and oxygen atoms in total. The number of amides is 1. The van der Waals surface area contributed by atoms with Gasteiger partial charge in [-0.15, -0.1) is 0 Å². The van der Waals surface area contributed by atoms with Gasteiger partial charge in [0.05, 0.1) is 0 Å². The molecule has 0 aliphatic carbocycles. The molecule has 2 fully saturated rings. The van der Waals surface area contributed by atoms with Gasteiger partial charge in [-0.05, 0) is 25.1 Å². The second-order valence-electron chi connectivity index (χ2n) is 4.77. The Balaban J connectivity index is 1.86. The molecule has 2 aliphatic rings. The number of hydrogen-bond donors (Lipinski definition) is 1. The van der Waals surface area contributed by atoms with Crippen LogP contribution in [-0.4, -0.2) is 30.5 Å². The van der Waals surface area contributed by atoms with Gasteiger partial charge in [0, 0.05) is 31.1 Å². The Kier molecular flexibility index (Phi) is 2.17. The average molecular weight is 217 g/mol. The maximum absolute atomic E-state index is 12.0. The van der Waals surface area contributed by atoms with Crippen LogP contribution in [0.1, 0.15) is 12.8 Å². The van der Waals surface area contributed by atoms with Crippen LogP contribution in [0.3, 0.4) is 0 Å². The number of aromatic nitrogens is 1. The summed E-state index contributed by atoms with van der Waals surface area (Å²) in [6.07, 6.45) is 3.50. The van der Waals surface area contributed by atoms with Crippen LogP contribution in [0.2, 0.25) is 0 Å². The van der Waals surface area contributed by atoms with E-state index in [0.717, 1.165) is 31.9 Å². The molecule has 0 aromatic carbocycles. The van der Waals surface area contributed by atoms with Crippen molar-refractivity contribution in [3.63, 3.8) is 0 Å². The van der Waals surface area contributed by atoms with Crippen molar-refractivity contribution in [2.45, 2.75) is 12.8 Å². The van der Waals surface area contributed by atoms with Gasteiger partial charge in [-0.1, -0.05) is 6.07 Å². The summed E-state index contributed by atoms with van der Waals surface area (Å²) < 4.78 is 0. The van der Waals surface area contributed by atoms with Gasteiger partial charge >= 0.3 is 0 Å². The van der Waals surface area contributed by atoms with Crippen LogP contribution in [0.25, 0.3) is 0 Å². The molecule has 84 valence electrons. The van der Waals surface area contributed by atoms with E-state index in [1.54, 1.807) is 6.20 Å². The molecule has 2 saturated heterocycles. The van der Waals surface area contributed by atoms with Crippen molar-refractivity contribution >= 4 is 11.7 Å². The molecule has 1 N–H and O–H groups in total. The van der Waals surface area contributed by atoms with Crippen molar-refractivity contribution in [3.05, 3.63) is 24.4 Å². The zero-order chi connectivity index (χ0) is 11.0. The van der Waals surface area contributed by atoms with Gasteiger partial charge in [0.2, 0.25) is 5.91 Å². The fraction of sp³-hybridized carbons (Fsp3) is 0.500. The molecule has 3 rings (SSSR count). The van der Waals surface area contributed by atoms with E-state index in [1.165, 1.54) is 0 Å². The molecule has 1 spiro atoms. The summed E-state index contributed by atoms with van der Waals surface area (Å²) in [5, 5.41) is 3.35. The maximum Gasteiger partial charge on any atom is 0.228 e. The highest BCUT2D eigenvalue weighted by atomic mass is 16.2. The van der Waals surface area contributed by atoms with Crippen LogP contribution >= 0.6 is 0 Å². The number of nitrogens with one attached hydrogen (secondary N) is 1. The number of rotatable bonds is 1. The van der Waals surface area contributed by atoms with Gasteiger partial charge in [0.1, 0.15) is 5.82 Å². The lowest BCUT2D eigenvalue weighted by Gasteiger charge is -2.21. The number of hydrogen-bond acceptors (Lipinski definition) is 3. The van der Waals surface area contributed by atoms with Gasteiger partial charge in [-0.3, -0.25) is 9.69 Å². The Labute approximate surface area is 94.7 Å². The van der Waals surface area contributed by atoms with E-state index in [4.69, 9.17) is 0 Å². The minimum absolute atomic E-state index is 0.161. The van der Waals surface area contributed by atoms with Gasteiger partial charge in [0.25, 0.3) is 0 Å². The first-order chi connectivity index (χ1) is 7.79. The predicted octanol–water partition coefficient (Wildman–Crippen LogP) is 0.798. The van der Waals surface area contributed by atoms with Crippen molar-refractivity contribution < 1.29 is 4.79 Å². The van der Waals surface area contributed by atoms with E-state index in [9.17, 15) is 4.79 Å². The highest BCUT2D eigenvalue weighted by molar-refractivity contribution is 5.95. The molecule has 0 unspecified atom stereocenters. The number of nitrogens with zero attached hydrogens (tertiary/aromatic N) is 2. The first kappa shape index (κ1) is 9.78. The molecular weight excluding hydrogens is 202 g/mol. The molecule has 2 aliphatic heterocycles. The third kappa shape index (κ3) is 1.50. The summed E-state index contributed by atoms with van der Waals surface area (Å²) in [6, 6.07) is 5.70. The lowest BCUT2D eigenvalue weighted by Crippen LogP contribution is -2.30. The summed E-state index contributed by atoms with van der Waals surface area (Å²) in [4.78, 5) is 18.1. The third-order valence-corrected chi connectivity index (χ3v) is 3.58. The summed E-state index contributed by atoms with van der Waals surface area (Å²) >= 11 is 0. The van der Waals surface area contributed by atoms with Crippen molar-refractivity contribution in [2.75, 3.05) is 24.5 Å². The second-order valence-corrected chi connectivity index (χ2v) is 4.77. The fourth-order valence-corrected chi connectivity index (χ4v) is 2.70. The molecule has 1 aromatic heterocycles. The van der Waals surface area contributed by atoms with Crippen molar-refractivity contribution in [2.24, 2.45) is 5.41 Å². The third-order valence-electron chi connectivity index (χ3n) is 3.58. The highest BCUT2D eigenvalue weighted by Crippen LogP contribution is 2.38. The van der Waals surface area contributed by atoms with E-state index in [-0.39, 0.29) is 11.3 Å². The van der Waals surface area contributed by atoms with Crippen LogP contribution in [0.15, 0.2) is 24.4 Å². The SMILES string of the molecule is O=C1C[C@@]2(CCNC2)CN1c1ccccn1. The first-order valence-electron chi connectivity index (χ1n) is 5.71. The van der Waals surface area contributed by atoms with Gasteiger partial charge in [-0.2, -0.15) is 0 Å². The normalized spacial score (nSPS) is 29.2. The molecule has 0 radical (unpaired) electrons. The van der Waals surface area contributed by atoms with Gasteiger partial charge in [0.15, 0.2) is 0 Å². The maximum atomic E-state index is 12.0. The molecular formula is C12H15N3O. The van der Waals surface area contributed by atoms with Gasteiger partial charge < -0.3 is 5.32 Å². The van der Waals surface area contributed by atoms with Crippen molar-refractivity contribution in [1.82, 2.24) is 10.3 Å². The van der Waals surface area contributed by atoms with Crippen LogP contribution in [0.4, 0.5) is 5.82 Å². The van der Waals surface area contributed by atoms with E-state index in [0.29, 0.717) is 6.42 Å². The number of pyridine rings is 1. The van der Waals surface area contributed by atoms with Crippen LogP contribution in [0.5, 0.6) is 0 Å². The molecule has 3 heterocycles. The standard InChI is InChI=1S/C12H15N3O/c16-11-7-12(4-6-13-8-12)9-15(11)10-3-1-2-5-14-10/h1-3,5,13H,4,6-9H2/t12-/m1/s1. The average Bonchev–Trinajstić information content (AvgIpc) is 2.88. The van der Waals surface area contributed by atoms with Crippen molar-refractivity contribution in [1.29, 1.82) is 0 Å². The second kappa shape index (κ2) is 3.56. The number of carbonyl (C=O) groups is 1. The fourth-order valence-electron chi connectivity index (χ4n) is 2.70. The Morgan fingerprint density at radius 1 is 1.44 bits per heavy atom. The van der Waals surface area contributed by atoms with E-state index >= 15 is 0 Å². The van der Waals surface area contributed by atoms with E-state index in [2.05, 4.69) is 10.3 Å². The lowest BCUT2D eigenvalue weighted by molar-refractivity contribution is -0.117. The number of anilines is 1. The van der Waals surface area contributed by atoms with Crippen LogP contribution in [0, 0.1) is 5.41 Å². The Hall–Kier alpha value is -1.42. The smallest absolute Gasteiger partial charge is 0.228 e. The van der Waals surface area contributed by atoms with Crippen LogP contribution in [-0.2, 0) is 4.79 Å². The zero-order valence-corrected chi connectivity index (χ0v) is 9.15. The minimum atomic E-state index is 0.161. The molecule has 1 aromatic rings. The molecule has 0 bridgehead atoms. The molecule has 1 atom stereocenters. The molecule has 16 heavy (non-hydrogen) atoms. The molecule has 0 saturated carbocycles. The topological polar surface area (TPSA) is 45.2 Å². The lowest BCUT2D eigenvalue weighted by atomic mass is 9.86. The molecule has 1 amide bonds. The van der Waals surface area contributed by atoms with E-state index in [1.807, 2.05) is 23.1 Å². The Morgan fingerprint density at radius 3 is 3.06 bits per heavy atom. The number of carbonyl (C=O) groups excluding carboxylic acids is 1. The summed E-state index contributed by atoms with van der Waals surface area (Å²) in [5.41, 5.74) is 0.161. The Morgan fingerprint density at radius 2 is 2.38 bits per heavy atom.